The van der Waals surface area contributed by atoms with Crippen LogP contribution in [0.15, 0.2) is 41.1 Å². The van der Waals surface area contributed by atoms with Crippen molar-refractivity contribution >= 4 is 18.3 Å². The molecule has 0 spiro atoms. The van der Waals surface area contributed by atoms with E-state index < -0.39 is 0 Å². The quantitative estimate of drug-likeness (QED) is 0.889. The molecule has 1 aromatic carbocycles. The Morgan fingerprint density at radius 3 is 2.38 bits per heavy atom. The zero-order chi connectivity index (χ0) is 14.5. The van der Waals surface area contributed by atoms with Crippen molar-refractivity contribution in [1.82, 2.24) is 10.5 Å². The number of hydrogen-bond donors (Lipinski definition) is 2. The number of nitrogens with one attached hydrogen (secondary N) is 1. The number of nitrogens with zero attached hydrogens (tertiary/aromatic N) is 1. The maximum absolute atomic E-state index is 11.7. The first-order chi connectivity index (χ1) is 9.58. The van der Waals surface area contributed by atoms with Crippen molar-refractivity contribution < 1.29 is 9.32 Å². The molecule has 1 amide bonds. The molecule has 2 rings (SSSR count). The van der Waals surface area contributed by atoms with Crippen LogP contribution in [0, 0.1) is 0 Å². The van der Waals surface area contributed by atoms with Gasteiger partial charge >= 0.3 is 0 Å². The highest BCUT2D eigenvalue weighted by atomic mass is 35.5. The minimum Gasteiger partial charge on any atom is -0.364 e. The van der Waals surface area contributed by atoms with Crippen LogP contribution in [-0.2, 0) is 0 Å². The Kier molecular flexibility index (Phi) is 6.39. The highest BCUT2D eigenvalue weighted by Gasteiger charge is 2.12. The average Bonchev–Trinajstić information content (AvgIpc) is 2.98. The van der Waals surface area contributed by atoms with E-state index in [2.05, 4.69) is 41.0 Å². The first-order valence-electron chi connectivity index (χ1n) is 6.62. The monoisotopic (exact) mass is 309 g/mol. The van der Waals surface area contributed by atoms with E-state index in [1.807, 2.05) is 12.1 Å². The van der Waals surface area contributed by atoms with Crippen LogP contribution in [0.25, 0.3) is 0 Å². The first kappa shape index (κ1) is 17.2. The number of aromatic nitrogens is 1. The zero-order valence-electron chi connectivity index (χ0n) is 12.1. The molecule has 1 atom stereocenters. The van der Waals surface area contributed by atoms with Crippen LogP contribution in [-0.4, -0.2) is 17.6 Å². The SMILES string of the molecule is CC(C)c1ccc(C(N)CNC(=O)c2ccon2)cc1.Cl. The van der Waals surface area contributed by atoms with Crippen molar-refractivity contribution in [2.45, 2.75) is 25.8 Å². The van der Waals surface area contributed by atoms with Gasteiger partial charge in [-0.25, -0.2) is 0 Å². The van der Waals surface area contributed by atoms with Gasteiger partial charge in [-0.1, -0.05) is 43.3 Å². The van der Waals surface area contributed by atoms with Gasteiger partial charge < -0.3 is 15.6 Å². The molecule has 1 aromatic heterocycles. The lowest BCUT2D eigenvalue weighted by Gasteiger charge is -2.14. The van der Waals surface area contributed by atoms with Crippen molar-refractivity contribution in [3.63, 3.8) is 0 Å². The Bertz CT molecular complexity index is 553. The molecule has 0 aliphatic carbocycles. The molecule has 21 heavy (non-hydrogen) atoms. The molecule has 114 valence electrons. The predicted octanol–water partition coefficient (Wildman–Crippen LogP) is 2.65. The summed E-state index contributed by atoms with van der Waals surface area (Å²) >= 11 is 0. The topological polar surface area (TPSA) is 81.1 Å². The van der Waals surface area contributed by atoms with Gasteiger partial charge in [0, 0.05) is 18.7 Å². The fraction of sp³-hybridized carbons (Fsp3) is 0.333. The van der Waals surface area contributed by atoms with E-state index >= 15 is 0 Å². The van der Waals surface area contributed by atoms with Gasteiger partial charge in [-0.3, -0.25) is 4.79 Å². The van der Waals surface area contributed by atoms with Crippen LogP contribution in [0.3, 0.4) is 0 Å². The molecule has 1 heterocycles. The van der Waals surface area contributed by atoms with Crippen LogP contribution in [0.2, 0.25) is 0 Å². The number of hydrogen-bond acceptors (Lipinski definition) is 4. The number of carbonyl (C=O) groups excluding carboxylic acids is 1. The average molecular weight is 310 g/mol. The summed E-state index contributed by atoms with van der Waals surface area (Å²) in [6.07, 6.45) is 1.36. The van der Waals surface area contributed by atoms with Crippen molar-refractivity contribution in [3.05, 3.63) is 53.4 Å². The zero-order valence-corrected chi connectivity index (χ0v) is 12.9. The second kappa shape index (κ2) is 7.81. The summed E-state index contributed by atoms with van der Waals surface area (Å²) in [7, 11) is 0. The Morgan fingerprint density at radius 2 is 1.86 bits per heavy atom. The molecular formula is C15H20ClN3O2. The molecule has 2 aromatic rings. The summed E-state index contributed by atoms with van der Waals surface area (Å²) in [5.74, 6) is 0.208. The van der Waals surface area contributed by atoms with Gasteiger partial charge in [0.25, 0.3) is 5.91 Å². The molecule has 0 aliphatic rings. The first-order valence-corrected chi connectivity index (χ1v) is 6.62. The second-order valence-electron chi connectivity index (χ2n) is 5.02. The molecule has 0 saturated heterocycles. The fourth-order valence-electron chi connectivity index (χ4n) is 1.87. The predicted molar refractivity (Wildman–Crippen MR) is 83.5 cm³/mol. The van der Waals surface area contributed by atoms with Gasteiger partial charge in [-0.2, -0.15) is 0 Å². The third kappa shape index (κ3) is 4.58. The summed E-state index contributed by atoms with van der Waals surface area (Å²) in [6, 6.07) is 9.41. The number of halogens is 1. The normalized spacial score (nSPS) is 11.8. The van der Waals surface area contributed by atoms with Gasteiger partial charge in [0.05, 0.1) is 0 Å². The third-order valence-electron chi connectivity index (χ3n) is 3.18. The summed E-state index contributed by atoms with van der Waals surface area (Å²) in [6.45, 7) is 4.65. The van der Waals surface area contributed by atoms with Gasteiger partial charge in [0.15, 0.2) is 5.69 Å². The standard InChI is InChI=1S/C15H19N3O2.ClH/c1-10(2)11-3-5-12(6-4-11)13(16)9-17-15(19)14-7-8-20-18-14;/h3-8,10,13H,9,16H2,1-2H3,(H,17,19);1H. The number of carbonyl (C=O) groups is 1. The molecule has 0 radical (unpaired) electrons. The molecule has 0 bridgehead atoms. The van der Waals surface area contributed by atoms with Crippen LogP contribution in [0.1, 0.15) is 47.4 Å². The van der Waals surface area contributed by atoms with E-state index in [0.717, 1.165) is 5.56 Å². The Balaban J connectivity index is 0.00000220. The lowest BCUT2D eigenvalue weighted by molar-refractivity contribution is 0.0942. The number of benzene rings is 1. The van der Waals surface area contributed by atoms with Crippen molar-refractivity contribution in [3.8, 4) is 0 Å². The van der Waals surface area contributed by atoms with Crippen molar-refractivity contribution in [1.29, 1.82) is 0 Å². The van der Waals surface area contributed by atoms with Crippen LogP contribution in [0.5, 0.6) is 0 Å². The summed E-state index contributed by atoms with van der Waals surface area (Å²) in [5, 5.41) is 6.30. The smallest absolute Gasteiger partial charge is 0.273 e. The molecular weight excluding hydrogens is 290 g/mol. The minimum atomic E-state index is -0.284. The van der Waals surface area contributed by atoms with Crippen LogP contribution < -0.4 is 11.1 Å². The fourth-order valence-corrected chi connectivity index (χ4v) is 1.87. The number of amides is 1. The van der Waals surface area contributed by atoms with E-state index in [1.54, 1.807) is 0 Å². The van der Waals surface area contributed by atoms with Crippen molar-refractivity contribution in [2.75, 3.05) is 6.54 Å². The summed E-state index contributed by atoms with van der Waals surface area (Å²) in [4.78, 5) is 11.7. The van der Waals surface area contributed by atoms with Crippen molar-refractivity contribution in [2.24, 2.45) is 5.73 Å². The third-order valence-corrected chi connectivity index (χ3v) is 3.18. The van der Waals surface area contributed by atoms with E-state index in [9.17, 15) is 4.79 Å². The molecule has 0 aliphatic heterocycles. The molecule has 0 fully saturated rings. The van der Waals surface area contributed by atoms with Crippen LogP contribution in [0.4, 0.5) is 0 Å². The van der Waals surface area contributed by atoms with Gasteiger partial charge in [0.1, 0.15) is 6.26 Å². The van der Waals surface area contributed by atoms with E-state index in [-0.39, 0.29) is 30.0 Å². The van der Waals surface area contributed by atoms with E-state index in [4.69, 9.17) is 5.73 Å². The van der Waals surface area contributed by atoms with E-state index in [0.29, 0.717) is 12.5 Å². The van der Waals surface area contributed by atoms with Crippen LogP contribution >= 0.6 is 12.4 Å². The molecule has 6 heteroatoms. The molecule has 3 N–H and O–H groups in total. The molecule has 1 unspecified atom stereocenters. The highest BCUT2D eigenvalue weighted by Crippen LogP contribution is 2.17. The second-order valence-corrected chi connectivity index (χ2v) is 5.02. The van der Waals surface area contributed by atoms with Gasteiger partial charge in [0.2, 0.25) is 0 Å². The summed E-state index contributed by atoms with van der Waals surface area (Å²) < 4.78 is 4.62. The maximum Gasteiger partial charge on any atom is 0.273 e. The molecule has 0 saturated carbocycles. The minimum absolute atomic E-state index is 0. The maximum atomic E-state index is 11.7. The lowest BCUT2D eigenvalue weighted by atomic mass is 9.99. The Labute approximate surface area is 130 Å². The Hall–Kier alpha value is -1.85. The Morgan fingerprint density at radius 1 is 1.24 bits per heavy atom. The highest BCUT2D eigenvalue weighted by molar-refractivity contribution is 5.91. The van der Waals surface area contributed by atoms with Gasteiger partial charge in [-0.15, -0.1) is 12.4 Å². The number of rotatable bonds is 5. The molecule has 5 nitrogen and oxygen atoms in total. The number of nitrogens with two attached hydrogens (primary N) is 1. The largest absolute Gasteiger partial charge is 0.364 e. The lowest BCUT2D eigenvalue weighted by Crippen LogP contribution is -2.32. The van der Waals surface area contributed by atoms with Gasteiger partial charge in [-0.05, 0) is 17.0 Å². The summed E-state index contributed by atoms with van der Waals surface area (Å²) in [5.41, 5.74) is 8.59. The van der Waals surface area contributed by atoms with E-state index in [1.165, 1.54) is 17.9 Å².